The fourth-order valence-corrected chi connectivity index (χ4v) is 4.83. The standard InChI is InChI=1S/C21H30N4O3S/c1-5-28-20(27)12-19-22-23-21(25(19)16-9-7-6-8-10-16)29-13-18(26)17-11-14(2)24(4)15(17)3/h11,16H,5-10,12-13H2,1-4H3. The van der Waals surface area contributed by atoms with E-state index in [1.165, 1.54) is 18.2 Å². The van der Waals surface area contributed by atoms with Crippen molar-refractivity contribution >= 4 is 23.5 Å². The molecular weight excluding hydrogens is 388 g/mol. The quantitative estimate of drug-likeness (QED) is 0.368. The Hall–Kier alpha value is -2.09. The van der Waals surface area contributed by atoms with E-state index in [4.69, 9.17) is 4.74 Å². The first-order valence-corrected chi connectivity index (χ1v) is 11.3. The average Bonchev–Trinajstić information content (AvgIpc) is 3.22. The number of nitrogens with zero attached hydrogens (tertiary/aromatic N) is 4. The molecule has 1 fully saturated rings. The monoisotopic (exact) mass is 418 g/mol. The molecule has 3 rings (SSSR count). The van der Waals surface area contributed by atoms with E-state index in [0.29, 0.717) is 18.2 Å². The maximum Gasteiger partial charge on any atom is 0.313 e. The van der Waals surface area contributed by atoms with Gasteiger partial charge in [0.05, 0.1) is 12.4 Å². The molecule has 29 heavy (non-hydrogen) atoms. The first kappa shape index (κ1) is 21.6. The van der Waals surface area contributed by atoms with Gasteiger partial charge in [-0.2, -0.15) is 0 Å². The lowest BCUT2D eigenvalue weighted by atomic mass is 9.95. The molecule has 0 amide bonds. The largest absolute Gasteiger partial charge is 0.466 e. The van der Waals surface area contributed by atoms with Gasteiger partial charge in [0.2, 0.25) is 0 Å². The summed E-state index contributed by atoms with van der Waals surface area (Å²) in [4.78, 5) is 24.8. The van der Waals surface area contributed by atoms with Gasteiger partial charge in [-0.1, -0.05) is 31.0 Å². The van der Waals surface area contributed by atoms with E-state index < -0.39 is 0 Å². The number of hydrogen-bond donors (Lipinski definition) is 0. The molecule has 0 unspecified atom stereocenters. The Balaban J connectivity index is 1.78. The fourth-order valence-electron chi connectivity index (χ4n) is 3.92. The second kappa shape index (κ2) is 9.61. The summed E-state index contributed by atoms with van der Waals surface area (Å²) in [6.45, 7) is 6.11. The van der Waals surface area contributed by atoms with Crippen molar-refractivity contribution in [1.82, 2.24) is 19.3 Å². The van der Waals surface area contributed by atoms with Gasteiger partial charge in [0.1, 0.15) is 12.2 Å². The van der Waals surface area contributed by atoms with Gasteiger partial charge >= 0.3 is 5.97 Å². The number of carbonyl (C=O) groups is 2. The smallest absolute Gasteiger partial charge is 0.313 e. The van der Waals surface area contributed by atoms with Crippen molar-refractivity contribution in [3.8, 4) is 0 Å². The van der Waals surface area contributed by atoms with Crippen LogP contribution in [-0.2, 0) is 23.0 Å². The Morgan fingerprint density at radius 1 is 1.21 bits per heavy atom. The molecule has 1 aliphatic carbocycles. The summed E-state index contributed by atoms with van der Waals surface area (Å²) >= 11 is 1.41. The Morgan fingerprint density at radius 3 is 2.55 bits per heavy atom. The molecule has 0 N–H and O–H groups in total. The number of thioether (sulfide) groups is 1. The van der Waals surface area contributed by atoms with Gasteiger partial charge < -0.3 is 13.9 Å². The summed E-state index contributed by atoms with van der Waals surface area (Å²) in [7, 11) is 1.97. The zero-order valence-electron chi connectivity index (χ0n) is 17.7. The number of aryl methyl sites for hydroxylation is 1. The predicted molar refractivity (Wildman–Crippen MR) is 112 cm³/mol. The van der Waals surface area contributed by atoms with Crippen molar-refractivity contribution in [2.45, 2.75) is 70.5 Å². The van der Waals surface area contributed by atoms with Crippen LogP contribution >= 0.6 is 11.8 Å². The van der Waals surface area contributed by atoms with Crippen LogP contribution in [0.2, 0.25) is 0 Å². The second-order valence-electron chi connectivity index (χ2n) is 7.60. The van der Waals surface area contributed by atoms with Crippen LogP contribution < -0.4 is 0 Å². The summed E-state index contributed by atoms with van der Waals surface area (Å²) in [5.74, 6) is 0.729. The lowest BCUT2D eigenvalue weighted by Crippen LogP contribution is -2.19. The summed E-state index contributed by atoms with van der Waals surface area (Å²) in [6, 6.07) is 2.22. The molecule has 2 aromatic rings. The fraction of sp³-hybridized carbons (Fsp3) is 0.619. The number of Topliss-reactive ketones (excluding diaryl/α,β-unsaturated/α-hetero) is 1. The van der Waals surface area contributed by atoms with E-state index in [9.17, 15) is 9.59 Å². The van der Waals surface area contributed by atoms with Gasteiger partial charge in [-0.3, -0.25) is 9.59 Å². The van der Waals surface area contributed by atoms with E-state index in [2.05, 4.69) is 14.8 Å². The third-order valence-electron chi connectivity index (χ3n) is 5.69. The lowest BCUT2D eigenvalue weighted by Gasteiger charge is -2.25. The molecule has 0 atom stereocenters. The topological polar surface area (TPSA) is 79.0 Å². The molecule has 0 aliphatic heterocycles. The van der Waals surface area contributed by atoms with E-state index in [1.54, 1.807) is 6.92 Å². The van der Waals surface area contributed by atoms with Crippen molar-refractivity contribution in [3.05, 3.63) is 28.8 Å². The van der Waals surface area contributed by atoms with E-state index in [1.807, 2.05) is 31.5 Å². The highest BCUT2D eigenvalue weighted by molar-refractivity contribution is 7.99. The molecule has 2 heterocycles. The maximum atomic E-state index is 12.8. The molecule has 0 saturated heterocycles. The molecule has 0 bridgehead atoms. The molecule has 158 valence electrons. The molecule has 1 aliphatic rings. The number of aromatic nitrogens is 4. The van der Waals surface area contributed by atoms with Crippen molar-refractivity contribution < 1.29 is 14.3 Å². The molecule has 8 heteroatoms. The van der Waals surface area contributed by atoms with E-state index >= 15 is 0 Å². The number of esters is 1. The predicted octanol–water partition coefficient (Wildman–Crippen LogP) is 3.82. The highest BCUT2D eigenvalue weighted by atomic mass is 32.2. The Labute approximate surface area is 176 Å². The first-order chi connectivity index (χ1) is 13.9. The van der Waals surface area contributed by atoms with E-state index in [-0.39, 0.29) is 24.2 Å². The normalized spacial score (nSPS) is 14.9. The van der Waals surface area contributed by atoms with Crippen LogP contribution in [0.3, 0.4) is 0 Å². The van der Waals surface area contributed by atoms with Crippen LogP contribution in [0, 0.1) is 13.8 Å². The van der Waals surface area contributed by atoms with E-state index in [0.717, 1.165) is 47.8 Å². The minimum Gasteiger partial charge on any atom is -0.466 e. The number of hydrogen-bond acceptors (Lipinski definition) is 6. The van der Waals surface area contributed by atoms with Gasteiger partial charge in [-0.25, -0.2) is 0 Å². The van der Waals surface area contributed by atoms with Crippen LogP contribution in [0.25, 0.3) is 0 Å². The van der Waals surface area contributed by atoms with Crippen LogP contribution in [0.5, 0.6) is 0 Å². The molecule has 0 radical (unpaired) electrons. The highest BCUT2D eigenvalue weighted by Gasteiger charge is 2.25. The number of carbonyl (C=O) groups excluding carboxylic acids is 2. The molecule has 0 aromatic carbocycles. The number of rotatable bonds is 8. The Bertz CT molecular complexity index is 881. The Morgan fingerprint density at radius 2 is 1.93 bits per heavy atom. The third-order valence-corrected chi connectivity index (χ3v) is 6.63. The van der Waals surface area contributed by atoms with Crippen molar-refractivity contribution in [3.63, 3.8) is 0 Å². The molecular formula is C21H30N4O3S. The maximum absolute atomic E-state index is 12.8. The van der Waals surface area contributed by atoms with Gasteiger partial charge in [0.25, 0.3) is 0 Å². The lowest BCUT2D eigenvalue weighted by molar-refractivity contribution is -0.142. The van der Waals surface area contributed by atoms with Crippen LogP contribution in [0.1, 0.15) is 72.6 Å². The molecule has 7 nitrogen and oxygen atoms in total. The van der Waals surface area contributed by atoms with Gasteiger partial charge in [0.15, 0.2) is 10.9 Å². The van der Waals surface area contributed by atoms with Crippen molar-refractivity contribution in [1.29, 1.82) is 0 Å². The highest BCUT2D eigenvalue weighted by Crippen LogP contribution is 2.33. The molecule has 2 aromatic heterocycles. The van der Waals surface area contributed by atoms with Crippen LogP contribution in [0.4, 0.5) is 0 Å². The zero-order chi connectivity index (χ0) is 21.0. The van der Waals surface area contributed by atoms with Crippen molar-refractivity contribution in [2.24, 2.45) is 7.05 Å². The number of ether oxygens (including phenoxy) is 1. The van der Waals surface area contributed by atoms with Crippen molar-refractivity contribution in [2.75, 3.05) is 12.4 Å². The summed E-state index contributed by atoms with van der Waals surface area (Å²) < 4.78 is 9.20. The van der Waals surface area contributed by atoms with Crippen LogP contribution in [-0.4, -0.2) is 43.4 Å². The van der Waals surface area contributed by atoms with Gasteiger partial charge in [0, 0.05) is 30.0 Å². The minimum absolute atomic E-state index is 0.0846. The van der Waals surface area contributed by atoms with Crippen LogP contribution in [0.15, 0.2) is 11.2 Å². The Kier molecular flexibility index (Phi) is 7.16. The minimum atomic E-state index is -0.292. The third kappa shape index (κ3) is 4.91. The summed E-state index contributed by atoms with van der Waals surface area (Å²) in [5.41, 5.74) is 2.80. The van der Waals surface area contributed by atoms with Gasteiger partial charge in [-0.15, -0.1) is 10.2 Å². The molecule has 1 saturated carbocycles. The second-order valence-corrected chi connectivity index (χ2v) is 8.54. The average molecular weight is 419 g/mol. The zero-order valence-corrected chi connectivity index (χ0v) is 18.5. The van der Waals surface area contributed by atoms with Gasteiger partial charge in [-0.05, 0) is 39.7 Å². The SMILES string of the molecule is CCOC(=O)Cc1nnc(SCC(=O)c2cc(C)n(C)c2C)n1C1CCCCC1. The summed E-state index contributed by atoms with van der Waals surface area (Å²) in [5, 5.41) is 9.32. The molecule has 0 spiro atoms. The summed E-state index contributed by atoms with van der Waals surface area (Å²) in [6.07, 6.45) is 5.77. The number of ketones is 1. The first-order valence-electron chi connectivity index (χ1n) is 10.3.